The highest BCUT2D eigenvalue weighted by Crippen LogP contribution is 2.38. The summed E-state index contributed by atoms with van der Waals surface area (Å²) in [6.45, 7) is -0.0846. The summed E-state index contributed by atoms with van der Waals surface area (Å²) in [5.41, 5.74) is 2.81. The van der Waals surface area contributed by atoms with Crippen molar-refractivity contribution >= 4 is 19.5 Å². The van der Waals surface area contributed by atoms with Crippen LogP contribution in [-0.2, 0) is 20.6 Å². The summed E-state index contributed by atoms with van der Waals surface area (Å²) in [6, 6.07) is 17.2. The molecule has 0 saturated heterocycles. The zero-order valence-corrected chi connectivity index (χ0v) is 15.5. The number of hydrogen-bond donors (Lipinski definition) is 4. The maximum atomic E-state index is 12.2. The molecule has 0 radical (unpaired) electrons. The van der Waals surface area contributed by atoms with Crippen molar-refractivity contribution in [1.29, 1.82) is 0 Å². The minimum atomic E-state index is -4.40. The molecule has 0 aliphatic carbocycles. The number of carboxylic acids is 1. The molecule has 8 heteroatoms. The van der Waals surface area contributed by atoms with E-state index < -0.39 is 31.6 Å². The van der Waals surface area contributed by atoms with Crippen LogP contribution in [0.1, 0.15) is 12.0 Å². The third-order valence-corrected chi connectivity index (χ3v) is 4.93. The van der Waals surface area contributed by atoms with Gasteiger partial charge in [0.2, 0.25) is 5.91 Å². The summed E-state index contributed by atoms with van der Waals surface area (Å²) >= 11 is 0. The minimum absolute atomic E-state index is 0.0846. The molecule has 7 nitrogen and oxygen atoms in total. The summed E-state index contributed by atoms with van der Waals surface area (Å²) < 4.78 is 11.4. The van der Waals surface area contributed by atoms with E-state index in [1.165, 1.54) is 0 Å². The lowest BCUT2D eigenvalue weighted by molar-refractivity contribution is -0.137. The van der Waals surface area contributed by atoms with Crippen LogP contribution < -0.4 is 5.32 Å². The molecule has 4 N–H and O–H groups in total. The highest BCUT2D eigenvalue weighted by Gasteiger charge is 2.27. The van der Waals surface area contributed by atoms with Gasteiger partial charge in [0.15, 0.2) is 0 Å². The fourth-order valence-electron chi connectivity index (χ4n) is 2.71. The zero-order chi connectivity index (χ0) is 19.9. The number of hydrogen-bond acceptors (Lipinski definition) is 3. The van der Waals surface area contributed by atoms with Crippen molar-refractivity contribution in [3.8, 4) is 11.1 Å². The fourth-order valence-corrected chi connectivity index (χ4v) is 3.58. The lowest BCUT2D eigenvalue weighted by atomic mass is 9.97. The molecule has 1 amide bonds. The first-order valence-corrected chi connectivity index (χ1v) is 10.2. The normalized spacial score (nSPS) is 12.4. The van der Waals surface area contributed by atoms with Crippen LogP contribution in [0.2, 0.25) is 0 Å². The van der Waals surface area contributed by atoms with Crippen molar-refractivity contribution in [2.24, 2.45) is 5.92 Å². The van der Waals surface area contributed by atoms with Crippen molar-refractivity contribution in [2.45, 2.75) is 12.8 Å². The Labute approximate surface area is 157 Å². The van der Waals surface area contributed by atoms with Gasteiger partial charge in [-0.15, -0.1) is 0 Å². The second-order valence-corrected chi connectivity index (χ2v) is 7.94. The molecule has 0 fully saturated rings. The molecule has 144 valence electrons. The Bertz CT molecular complexity index is 816. The molecule has 0 unspecified atom stereocenters. The van der Waals surface area contributed by atoms with E-state index in [9.17, 15) is 23.9 Å². The van der Waals surface area contributed by atoms with Gasteiger partial charge in [-0.05, 0) is 23.1 Å². The Morgan fingerprint density at radius 1 is 0.963 bits per heavy atom. The van der Waals surface area contributed by atoms with Gasteiger partial charge >= 0.3 is 13.6 Å². The van der Waals surface area contributed by atoms with Crippen molar-refractivity contribution in [3.63, 3.8) is 0 Å². The molecular weight excluding hydrogens is 369 g/mol. The van der Waals surface area contributed by atoms with Gasteiger partial charge in [-0.1, -0.05) is 54.6 Å². The van der Waals surface area contributed by atoms with Gasteiger partial charge in [-0.3, -0.25) is 14.2 Å². The van der Waals surface area contributed by atoms with Gasteiger partial charge in [-0.2, -0.15) is 0 Å². The second kappa shape index (κ2) is 9.46. The van der Waals surface area contributed by atoms with Crippen molar-refractivity contribution in [1.82, 2.24) is 5.32 Å². The van der Waals surface area contributed by atoms with Crippen LogP contribution in [0.15, 0.2) is 54.6 Å². The topological polar surface area (TPSA) is 124 Å². The zero-order valence-electron chi connectivity index (χ0n) is 14.6. The van der Waals surface area contributed by atoms with Gasteiger partial charge in [-0.25, -0.2) is 0 Å². The van der Waals surface area contributed by atoms with Gasteiger partial charge in [0.05, 0.1) is 18.5 Å². The predicted octanol–water partition coefficient (Wildman–Crippen LogP) is 2.28. The molecule has 0 aromatic heterocycles. The Hall–Kier alpha value is -2.47. The molecule has 0 aliphatic heterocycles. The number of rotatable bonds is 9. The molecule has 0 bridgehead atoms. The van der Waals surface area contributed by atoms with E-state index in [1.54, 1.807) is 0 Å². The summed E-state index contributed by atoms with van der Waals surface area (Å²) in [5, 5.41) is 11.1. The summed E-state index contributed by atoms with van der Waals surface area (Å²) in [6.07, 6.45) is -0.689. The number of carbonyl (C=O) groups excluding carboxylic acids is 1. The smallest absolute Gasteiger partial charge is 0.326 e. The molecule has 0 aliphatic rings. The van der Waals surface area contributed by atoms with E-state index in [0.29, 0.717) is 0 Å². The van der Waals surface area contributed by atoms with E-state index in [1.807, 2.05) is 54.6 Å². The lowest BCUT2D eigenvalue weighted by Gasteiger charge is -2.17. The average Bonchev–Trinajstić information content (AvgIpc) is 2.61. The van der Waals surface area contributed by atoms with Crippen molar-refractivity contribution in [3.05, 3.63) is 60.2 Å². The number of aliphatic carboxylic acids is 1. The Morgan fingerprint density at radius 2 is 1.56 bits per heavy atom. The highest BCUT2D eigenvalue weighted by molar-refractivity contribution is 7.51. The van der Waals surface area contributed by atoms with Gasteiger partial charge in [0, 0.05) is 6.54 Å². The van der Waals surface area contributed by atoms with Crippen LogP contribution in [0.4, 0.5) is 0 Å². The number of amides is 1. The Morgan fingerprint density at radius 3 is 2.11 bits per heavy atom. The van der Waals surface area contributed by atoms with Crippen LogP contribution in [0, 0.1) is 5.92 Å². The van der Waals surface area contributed by atoms with Gasteiger partial charge in [0.1, 0.15) is 0 Å². The molecule has 0 heterocycles. The minimum Gasteiger partial charge on any atom is -0.481 e. The third-order valence-electron chi connectivity index (χ3n) is 4.01. The maximum absolute atomic E-state index is 12.2. The van der Waals surface area contributed by atoms with E-state index in [4.69, 9.17) is 5.11 Å². The standard InChI is InChI=1S/C19H22NO6P/c21-18(22)10-11-20-19(23)17(13-27(24,25)26)12-14-6-8-16(9-7-14)15-4-2-1-3-5-15/h1-9,17H,10-13H2,(H,20,23)(H,21,22)(H2,24,25,26)/t17-/m1/s1. The van der Waals surface area contributed by atoms with Gasteiger partial charge < -0.3 is 20.2 Å². The van der Waals surface area contributed by atoms with Crippen LogP contribution >= 0.6 is 7.60 Å². The first kappa shape index (κ1) is 20.8. The predicted molar refractivity (Wildman–Crippen MR) is 101 cm³/mol. The monoisotopic (exact) mass is 391 g/mol. The SMILES string of the molecule is O=C(O)CCNC(=O)[C@H](Cc1ccc(-c2ccccc2)cc1)CP(=O)(O)O. The number of nitrogens with one attached hydrogen (secondary N) is 1. The summed E-state index contributed by atoms with van der Waals surface area (Å²) in [4.78, 5) is 41.3. The molecule has 2 rings (SSSR count). The molecule has 2 aromatic rings. The summed E-state index contributed by atoms with van der Waals surface area (Å²) in [7, 11) is -4.40. The quantitative estimate of drug-likeness (QED) is 0.486. The van der Waals surface area contributed by atoms with Crippen molar-refractivity contribution in [2.75, 3.05) is 12.7 Å². The van der Waals surface area contributed by atoms with Crippen LogP contribution in [0.5, 0.6) is 0 Å². The van der Waals surface area contributed by atoms with Crippen LogP contribution in [0.25, 0.3) is 11.1 Å². The second-order valence-electron chi connectivity index (χ2n) is 6.25. The van der Waals surface area contributed by atoms with Crippen molar-refractivity contribution < 1.29 is 29.0 Å². The highest BCUT2D eigenvalue weighted by atomic mass is 31.2. The first-order valence-electron chi connectivity index (χ1n) is 8.43. The van der Waals surface area contributed by atoms with E-state index >= 15 is 0 Å². The molecule has 1 atom stereocenters. The van der Waals surface area contributed by atoms with Crippen LogP contribution in [-0.4, -0.2) is 39.5 Å². The Kier molecular flexibility index (Phi) is 7.30. The maximum Gasteiger partial charge on any atom is 0.326 e. The molecule has 27 heavy (non-hydrogen) atoms. The largest absolute Gasteiger partial charge is 0.481 e. The molecule has 0 saturated carbocycles. The first-order chi connectivity index (χ1) is 12.7. The van der Waals surface area contributed by atoms with Gasteiger partial charge in [0.25, 0.3) is 0 Å². The van der Waals surface area contributed by atoms with E-state index in [0.717, 1.165) is 16.7 Å². The fraction of sp³-hybridized carbons (Fsp3) is 0.263. The van der Waals surface area contributed by atoms with E-state index in [-0.39, 0.29) is 19.4 Å². The molecular formula is C19H22NO6P. The third kappa shape index (κ3) is 7.35. The average molecular weight is 391 g/mol. The Balaban J connectivity index is 2.08. The van der Waals surface area contributed by atoms with Crippen LogP contribution in [0.3, 0.4) is 0 Å². The molecule has 2 aromatic carbocycles. The summed E-state index contributed by atoms with van der Waals surface area (Å²) in [5.74, 6) is -2.56. The number of carboxylic acid groups (broad SMARTS) is 1. The number of carbonyl (C=O) groups is 2. The lowest BCUT2D eigenvalue weighted by Crippen LogP contribution is -2.35. The number of benzene rings is 2. The molecule has 0 spiro atoms. The van der Waals surface area contributed by atoms with E-state index in [2.05, 4.69) is 5.32 Å².